The lowest BCUT2D eigenvalue weighted by molar-refractivity contribution is -0.142. The maximum atomic E-state index is 11.7. The fourth-order valence-electron chi connectivity index (χ4n) is 2.24. The van der Waals surface area contributed by atoms with Crippen LogP contribution in [0, 0.1) is 20.8 Å². The molecule has 0 aromatic heterocycles. The molecule has 0 heterocycles. The summed E-state index contributed by atoms with van der Waals surface area (Å²) in [5.74, 6) is 0.344. The first-order valence-corrected chi connectivity index (χ1v) is 6.87. The molecule has 0 bridgehead atoms. The van der Waals surface area contributed by atoms with Gasteiger partial charge in [-0.3, -0.25) is 9.59 Å². The number of benzene rings is 1. The lowest BCUT2D eigenvalue weighted by atomic mass is 9.98. The predicted octanol–water partition coefficient (Wildman–Crippen LogP) is 2.19. The number of hydrogen-bond donors (Lipinski definition) is 1. The molecule has 1 rings (SSSR count). The molecule has 1 amide bonds. The Balaban J connectivity index is 2.68. The SMILES string of the molecule is COC(=O)CCC(=O)NCc1cc(C)c(OC)c(C)c1C. The summed E-state index contributed by atoms with van der Waals surface area (Å²) in [6, 6.07) is 2.02. The highest BCUT2D eigenvalue weighted by molar-refractivity contribution is 5.81. The van der Waals surface area contributed by atoms with Crippen LogP contribution in [0.4, 0.5) is 0 Å². The smallest absolute Gasteiger partial charge is 0.306 e. The minimum atomic E-state index is -0.377. The van der Waals surface area contributed by atoms with Crippen LogP contribution in [0.5, 0.6) is 5.75 Å². The van der Waals surface area contributed by atoms with Crippen molar-refractivity contribution in [3.05, 3.63) is 28.3 Å². The minimum absolute atomic E-state index is 0.0992. The zero-order chi connectivity index (χ0) is 16.0. The second-order valence-corrected chi connectivity index (χ2v) is 4.99. The van der Waals surface area contributed by atoms with E-state index in [1.54, 1.807) is 7.11 Å². The Hall–Kier alpha value is -2.04. The Morgan fingerprint density at radius 1 is 1.10 bits per heavy atom. The van der Waals surface area contributed by atoms with E-state index in [2.05, 4.69) is 10.1 Å². The summed E-state index contributed by atoms with van der Waals surface area (Å²) in [6.45, 7) is 6.43. The lowest BCUT2D eigenvalue weighted by Crippen LogP contribution is -2.24. The molecule has 0 fully saturated rings. The van der Waals surface area contributed by atoms with E-state index in [0.29, 0.717) is 6.54 Å². The molecule has 0 unspecified atom stereocenters. The third-order valence-corrected chi connectivity index (χ3v) is 3.60. The zero-order valence-electron chi connectivity index (χ0n) is 13.3. The molecule has 0 spiro atoms. The molecule has 1 aromatic carbocycles. The first-order chi connectivity index (χ1) is 9.90. The molecule has 1 N–H and O–H groups in total. The van der Waals surface area contributed by atoms with Crippen molar-refractivity contribution in [1.29, 1.82) is 0 Å². The summed E-state index contributed by atoms with van der Waals surface area (Å²) in [7, 11) is 2.97. The van der Waals surface area contributed by atoms with E-state index in [9.17, 15) is 9.59 Å². The van der Waals surface area contributed by atoms with Crippen molar-refractivity contribution in [1.82, 2.24) is 5.32 Å². The maximum absolute atomic E-state index is 11.7. The average Bonchev–Trinajstić information content (AvgIpc) is 2.47. The zero-order valence-corrected chi connectivity index (χ0v) is 13.3. The van der Waals surface area contributed by atoms with Gasteiger partial charge in [0.2, 0.25) is 5.91 Å². The normalized spacial score (nSPS) is 10.1. The molecule has 5 heteroatoms. The van der Waals surface area contributed by atoms with Crippen molar-refractivity contribution in [2.45, 2.75) is 40.2 Å². The van der Waals surface area contributed by atoms with E-state index in [1.807, 2.05) is 26.8 Å². The molecule has 0 atom stereocenters. The van der Waals surface area contributed by atoms with Crippen LogP contribution in [0.3, 0.4) is 0 Å². The third kappa shape index (κ3) is 4.48. The highest BCUT2D eigenvalue weighted by atomic mass is 16.5. The van der Waals surface area contributed by atoms with Crippen molar-refractivity contribution in [3.8, 4) is 5.75 Å². The number of carbonyl (C=O) groups excluding carboxylic acids is 2. The van der Waals surface area contributed by atoms with Crippen molar-refractivity contribution in [3.63, 3.8) is 0 Å². The van der Waals surface area contributed by atoms with Crippen LogP contribution >= 0.6 is 0 Å². The highest BCUT2D eigenvalue weighted by Crippen LogP contribution is 2.28. The monoisotopic (exact) mass is 293 g/mol. The van der Waals surface area contributed by atoms with Gasteiger partial charge in [-0.25, -0.2) is 0 Å². The van der Waals surface area contributed by atoms with Gasteiger partial charge >= 0.3 is 5.97 Å². The summed E-state index contributed by atoms with van der Waals surface area (Å²) in [4.78, 5) is 22.7. The number of carbonyl (C=O) groups is 2. The first kappa shape index (κ1) is 17.0. The first-order valence-electron chi connectivity index (χ1n) is 6.87. The van der Waals surface area contributed by atoms with Crippen LogP contribution in [0.15, 0.2) is 6.07 Å². The number of nitrogens with one attached hydrogen (secondary N) is 1. The summed E-state index contributed by atoms with van der Waals surface area (Å²) in [6.07, 6.45) is 0.238. The van der Waals surface area contributed by atoms with Crippen LogP contribution in [-0.2, 0) is 20.9 Å². The molecule has 0 aliphatic rings. The largest absolute Gasteiger partial charge is 0.496 e. The molecule has 0 radical (unpaired) electrons. The van der Waals surface area contributed by atoms with Gasteiger partial charge < -0.3 is 14.8 Å². The molecular weight excluding hydrogens is 270 g/mol. The Labute approximate surface area is 125 Å². The lowest BCUT2D eigenvalue weighted by Gasteiger charge is -2.16. The Morgan fingerprint density at radius 3 is 2.33 bits per heavy atom. The molecule has 21 heavy (non-hydrogen) atoms. The standard InChI is InChI=1S/C16H23NO4/c1-10-8-13(11(2)12(3)16(10)21-5)9-17-14(18)6-7-15(19)20-4/h8H,6-7,9H2,1-5H3,(H,17,18). The fourth-order valence-corrected chi connectivity index (χ4v) is 2.24. The second kappa shape index (κ2) is 7.67. The third-order valence-electron chi connectivity index (χ3n) is 3.60. The van der Waals surface area contributed by atoms with E-state index >= 15 is 0 Å². The van der Waals surface area contributed by atoms with Gasteiger partial charge in [0.05, 0.1) is 20.6 Å². The number of hydrogen-bond acceptors (Lipinski definition) is 4. The number of amides is 1. The van der Waals surface area contributed by atoms with E-state index in [1.165, 1.54) is 7.11 Å². The fraction of sp³-hybridized carbons (Fsp3) is 0.500. The Bertz CT molecular complexity index is 538. The number of methoxy groups -OCH3 is 2. The van der Waals surface area contributed by atoms with Crippen molar-refractivity contribution >= 4 is 11.9 Å². The minimum Gasteiger partial charge on any atom is -0.496 e. The van der Waals surface area contributed by atoms with Gasteiger partial charge in [-0.1, -0.05) is 6.07 Å². The number of esters is 1. The van der Waals surface area contributed by atoms with E-state index in [0.717, 1.165) is 28.0 Å². The predicted molar refractivity (Wildman–Crippen MR) is 80.3 cm³/mol. The van der Waals surface area contributed by atoms with Crippen molar-refractivity contribution < 1.29 is 19.1 Å². The Kier molecular flexibility index (Phi) is 6.21. The number of aryl methyl sites for hydroxylation is 1. The summed E-state index contributed by atoms with van der Waals surface area (Å²) in [5.41, 5.74) is 4.28. The maximum Gasteiger partial charge on any atom is 0.306 e. The van der Waals surface area contributed by atoms with Crippen molar-refractivity contribution in [2.24, 2.45) is 0 Å². The molecule has 116 valence electrons. The molecule has 0 aliphatic carbocycles. The molecule has 0 saturated carbocycles. The van der Waals surface area contributed by atoms with Gasteiger partial charge in [-0.15, -0.1) is 0 Å². The summed E-state index contributed by atoms with van der Waals surface area (Å²) >= 11 is 0. The van der Waals surface area contributed by atoms with Gasteiger partial charge in [0.1, 0.15) is 5.75 Å². The van der Waals surface area contributed by atoms with Crippen LogP contribution in [0.2, 0.25) is 0 Å². The van der Waals surface area contributed by atoms with Gasteiger partial charge in [0.15, 0.2) is 0 Å². The van der Waals surface area contributed by atoms with Gasteiger partial charge in [-0.2, -0.15) is 0 Å². The number of ether oxygens (including phenoxy) is 2. The second-order valence-electron chi connectivity index (χ2n) is 4.99. The van der Waals surface area contributed by atoms with Gasteiger partial charge in [0.25, 0.3) is 0 Å². The average molecular weight is 293 g/mol. The summed E-state index contributed by atoms with van der Waals surface area (Å²) < 4.78 is 9.88. The molecule has 5 nitrogen and oxygen atoms in total. The van der Waals surface area contributed by atoms with E-state index in [4.69, 9.17) is 4.74 Å². The van der Waals surface area contributed by atoms with Crippen LogP contribution < -0.4 is 10.1 Å². The quantitative estimate of drug-likeness (QED) is 0.817. The van der Waals surface area contributed by atoms with Crippen molar-refractivity contribution in [2.75, 3.05) is 14.2 Å². The van der Waals surface area contributed by atoms with Crippen LogP contribution in [0.1, 0.15) is 35.1 Å². The van der Waals surface area contributed by atoms with Gasteiger partial charge in [0, 0.05) is 13.0 Å². The van der Waals surface area contributed by atoms with E-state index < -0.39 is 0 Å². The highest BCUT2D eigenvalue weighted by Gasteiger charge is 2.12. The Morgan fingerprint density at radius 2 is 1.76 bits per heavy atom. The summed E-state index contributed by atoms with van der Waals surface area (Å²) in [5, 5.41) is 2.82. The van der Waals surface area contributed by atoms with Crippen LogP contribution in [0.25, 0.3) is 0 Å². The molecular formula is C16H23NO4. The molecule has 0 aliphatic heterocycles. The van der Waals surface area contributed by atoms with E-state index in [-0.39, 0.29) is 24.7 Å². The van der Waals surface area contributed by atoms with Crippen LogP contribution in [-0.4, -0.2) is 26.1 Å². The topological polar surface area (TPSA) is 64.6 Å². The molecule has 0 saturated heterocycles. The van der Waals surface area contributed by atoms with Gasteiger partial charge in [-0.05, 0) is 43.0 Å². The molecule has 1 aromatic rings. The number of rotatable bonds is 6.